The van der Waals surface area contributed by atoms with Gasteiger partial charge in [0.05, 0.1) is 0 Å². The molecule has 3 amide bonds. The van der Waals surface area contributed by atoms with Gasteiger partial charge in [0.25, 0.3) is 0 Å². The van der Waals surface area contributed by atoms with Crippen LogP contribution >= 0.6 is 0 Å². The van der Waals surface area contributed by atoms with Crippen LogP contribution in [0.3, 0.4) is 0 Å². The largest absolute Gasteiger partial charge is 0.353 e. The molecule has 8 nitrogen and oxygen atoms in total. The molecule has 0 spiro atoms. The predicted molar refractivity (Wildman–Crippen MR) is 107 cm³/mol. The van der Waals surface area contributed by atoms with Gasteiger partial charge in [-0.15, -0.1) is 0 Å². The third kappa shape index (κ3) is 5.29. The van der Waals surface area contributed by atoms with E-state index in [0.717, 1.165) is 5.82 Å². The van der Waals surface area contributed by atoms with E-state index in [0.29, 0.717) is 37.6 Å². The molecule has 3 rings (SSSR count). The van der Waals surface area contributed by atoms with E-state index in [4.69, 9.17) is 0 Å². The van der Waals surface area contributed by atoms with E-state index in [1.807, 2.05) is 18.2 Å². The lowest BCUT2D eigenvalue weighted by atomic mass is 10.2. The van der Waals surface area contributed by atoms with Crippen LogP contribution in [0.2, 0.25) is 0 Å². The van der Waals surface area contributed by atoms with Gasteiger partial charge >= 0.3 is 0 Å². The van der Waals surface area contributed by atoms with Crippen LogP contribution in [0.25, 0.3) is 0 Å². The number of aromatic nitrogens is 1. The highest BCUT2D eigenvalue weighted by Crippen LogP contribution is 2.16. The summed E-state index contributed by atoms with van der Waals surface area (Å²) in [6.07, 6.45) is 1.53. The molecule has 0 radical (unpaired) electrons. The predicted octanol–water partition coefficient (Wildman–Crippen LogP) is 1.72. The molecule has 2 N–H and O–H groups in total. The minimum Gasteiger partial charge on any atom is -0.353 e. The van der Waals surface area contributed by atoms with Crippen LogP contribution in [0, 0.1) is 0 Å². The van der Waals surface area contributed by atoms with Crippen molar-refractivity contribution in [2.24, 2.45) is 0 Å². The van der Waals surface area contributed by atoms with Crippen molar-refractivity contribution in [3.05, 3.63) is 48.7 Å². The average molecular weight is 381 g/mol. The number of carbonyl (C=O) groups is 3. The molecule has 146 valence electrons. The van der Waals surface area contributed by atoms with E-state index >= 15 is 0 Å². The lowest BCUT2D eigenvalue weighted by Gasteiger charge is -2.35. The number of nitrogens with zero attached hydrogens (tertiary/aromatic N) is 3. The van der Waals surface area contributed by atoms with E-state index < -0.39 is 0 Å². The minimum absolute atomic E-state index is 0.191. The number of anilines is 3. The molecular weight excluding hydrogens is 358 g/mol. The molecule has 1 saturated heterocycles. The minimum atomic E-state index is -0.378. The topological polar surface area (TPSA) is 94.6 Å². The first-order valence-corrected chi connectivity index (χ1v) is 9.12. The van der Waals surface area contributed by atoms with Crippen LogP contribution in [0.1, 0.15) is 13.3 Å². The third-order valence-corrected chi connectivity index (χ3v) is 4.38. The first-order valence-electron chi connectivity index (χ1n) is 9.12. The standard InChI is InChI=1S/C20H23N5O3/c1-15(26)22-16-5-4-6-17(13-16)23-19(27)14-20(28)25-11-9-24(10-12-25)18-7-2-3-8-21-18/h2-8,13H,9-12,14H2,1H3,(H,22,26)(H,23,27). The number of carbonyl (C=O) groups excluding carboxylic acids is 3. The second-order valence-electron chi connectivity index (χ2n) is 6.54. The van der Waals surface area contributed by atoms with Crippen LogP contribution in [0.4, 0.5) is 17.2 Å². The lowest BCUT2D eigenvalue weighted by molar-refractivity contribution is -0.134. The van der Waals surface area contributed by atoms with Gasteiger partial charge in [0.1, 0.15) is 12.2 Å². The number of rotatable bonds is 5. The number of hydrogen-bond acceptors (Lipinski definition) is 5. The van der Waals surface area contributed by atoms with Crippen molar-refractivity contribution in [1.29, 1.82) is 0 Å². The van der Waals surface area contributed by atoms with Crippen molar-refractivity contribution in [3.8, 4) is 0 Å². The first kappa shape index (κ1) is 19.3. The van der Waals surface area contributed by atoms with Gasteiger partial charge in [-0.3, -0.25) is 14.4 Å². The van der Waals surface area contributed by atoms with Crippen molar-refractivity contribution in [2.75, 3.05) is 41.7 Å². The zero-order valence-corrected chi connectivity index (χ0v) is 15.7. The van der Waals surface area contributed by atoms with Gasteiger partial charge in [-0.2, -0.15) is 0 Å². The fraction of sp³-hybridized carbons (Fsp3) is 0.300. The summed E-state index contributed by atoms with van der Waals surface area (Å²) >= 11 is 0. The highest BCUT2D eigenvalue weighted by molar-refractivity contribution is 6.04. The Morgan fingerprint density at radius 1 is 0.964 bits per heavy atom. The molecule has 0 unspecified atom stereocenters. The zero-order chi connectivity index (χ0) is 19.9. The Morgan fingerprint density at radius 3 is 2.32 bits per heavy atom. The van der Waals surface area contributed by atoms with Gasteiger partial charge in [-0.1, -0.05) is 12.1 Å². The quantitative estimate of drug-likeness (QED) is 0.769. The Hall–Kier alpha value is -3.42. The molecule has 1 aliphatic heterocycles. The zero-order valence-electron chi connectivity index (χ0n) is 15.7. The third-order valence-electron chi connectivity index (χ3n) is 4.38. The van der Waals surface area contributed by atoms with E-state index in [1.165, 1.54) is 6.92 Å². The number of amides is 3. The molecule has 0 bridgehead atoms. The van der Waals surface area contributed by atoms with E-state index in [9.17, 15) is 14.4 Å². The molecule has 0 saturated carbocycles. The van der Waals surface area contributed by atoms with Crippen molar-refractivity contribution in [1.82, 2.24) is 9.88 Å². The van der Waals surface area contributed by atoms with Gasteiger partial charge in [0.2, 0.25) is 17.7 Å². The summed E-state index contributed by atoms with van der Waals surface area (Å²) in [5, 5.41) is 5.36. The Kier molecular flexibility index (Phi) is 6.21. The SMILES string of the molecule is CC(=O)Nc1cccc(NC(=O)CC(=O)N2CCN(c3ccccn3)CC2)c1. The Labute approximate surface area is 163 Å². The number of nitrogens with one attached hydrogen (secondary N) is 2. The van der Waals surface area contributed by atoms with Crippen molar-refractivity contribution in [3.63, 3.8) is 0 Å². The van der Waals surface area contributed by atoms with E-state index in [2.05, 4.69) is 20.5 Å². The number of hydrogen-bond donors (Lipinski definition) is 2. The Balaban J connectivity index is 1.48. The van der Waals surface area contributed by atoms with Gasteiger partial charge in [-0.05, 0) is 30.3 Å². The maximum absolute atomic E-state index is 12.4. The molecule has 2 aromatic rings. The normalized spacial score (nSPS) is 13.8. The van der Waals surface area contributed by atoms with Crippen LogP contribution in [-0.2, 0) is 14.4 Å². The molecule has 1 aliphatic rings. The van der Waals surface area contributed by atoms with Crippen LogP contribution < -0.4 is 15.5 Å². The van der Waals surface area contributed by atoms with E-state index in [1.54, 1.807) is 35.4 Å². The molecular formula is C20H23N5O3. The molecule has 8 heteroatoms. The van der Waals surface area contributed by atoms with Crippen molar-refractivity contribution in [2.45, 2.75) is 13.3 Å². The van der Waals surface area contributed by atoms with Crippen LogP contribution in [0.15, 0.2) is 48.7 Å². The molecule has 1 fully saturated rings. The Bertz CT molecular complexity index is 848. The highest BCUT2D eigenvalue weighted by atomic mass is 16.2. The van der Waals surface area contributed by atoms with Crippen molar-refractivity contribution >= 4 is 34.9 Å². The molecule has 28 heavy (non-hydrogen) atoms. The maximum atomic E-state index is 12.4. The van der Waals surface area contributed by atoms with Gasteiger partial charge in [-0.25, -0.2) is 4.98 Å². The summed E-state index contributed by atoms with van der Waals surface area (Å²) in [4.78, 5) is 43.9. The summed E-state index contributed by atoms with van der Waals surface area (Å²) in [5.41, 5.74) is 1.12. The first-order chi connectivity index (χ1) is 13.5. The molecule has 1 aromatic heterocycles. The second kappa shape index (κ2) is 8.98. The van der Waals surface area contributed by atoms with Crippen molar-refractivity contribution < 1.29 is 14.4 Å². The Morgan fingerprint density at radius 2 is 1.68 bits per heavy atom. The van der Waals surface area contributed by atoms with Crippen LogP contribution in [-0.4, -0.2) is 53.8 Å². The second-order valence-corrected chi connectivity index (χ2v) is 6.54. The van der Waals surface area contributed by atoms with Gasteiger partial charge in [0, 0.05) is 50.7 Å². The van der Waals surface area contributed by atoms with Crippen LogP contribution in [0.5, 0.6) is 0 Å². The van der Waals surface area contributed by atoms with Gasteiger partial charge in [0.15, 0.2) is 0 Å². The fourth-order valence-corrected chi connectivity index (χ4v) is 3.06. The molecule has 0 atom stereocenters. The average Bonchev–Trinajstić information content (AvgIpc) is 2.68. The molecule has 1 aromatic carbocycles. The summed E-state index contributed by atoms with van der Waals surface area (Å²) in [5.74, 6) is 0.128. The lowest BCUT2D eigenvalue weighted by Crippen LogP contribution is -2.49. The molecule has 0 aliphatic carbocycles. The summed E-state index contributed by atoms with van der Waals surface area (Å²) < 4.78 is 0. The smallest absolute Gasteiger partial charge is 0.233 e. The maximum Gasteiger partial charge on any atom is 0.233 e. The monoisotopic (exact) mass is 381 g/mol. The number of piperazine rings is 1. The van der Waals surface area contributed by atoms with E-state index in [-0.39, 0.29) is 24.1 Å². The highest BCUT2D eigenvalue weighted by Gasteiger charge is 2.23. The van der Waals surface area contributed by atoms with Gasteiger partial charge < -0.3 is 20.4 Å². The number of pyridine rings is 1. The molecule has 2 heterocycles. The summed E-state index contributed by atoms with van der Waals surface area (Å²) in [6, 6.07) is 12.6. The summed E-state index contributed by atoms with van der Waals surface area (Å²) in [6.45, 7) is 3.89. The fourth-order valence-electron chi connectivity index (χ4n) is 3.06. The summed E-state index contributed by atoms with van der Waals surface area (Å²) in [7, 11) is 0. The number of benzene rings is 1.